The molecule has 0 saturated heterocycles. The van der Waals surface area contributed by atoms with E-state index >= 15 is 0 Å². The van der Waals surface area contributed by atoms with Crippen LogP contribution in [-0.4, -0.2) is 61.0 Å². The number of carbonyl (C=O) groups excluding carboxylic acids is 2. The quantitative estimate of drug-likeness (QED) is 0.321. The van der Waals surface area contributed by atoms with Gasteiger partial charge in [0, 0.05) is 19.3 Å². The monoisotopic (exact) mass is 373 g/mol. The highest BCUT2D eigenvalue weighted by atomic mass is 16.3. The number of amides is 2. The molecule has 2 amide bonds. The summed E-state index contributed by atoms with van der Waals surface area (Å²) in [7, 11) is 0. The Morgan fingerprint density at radius 3 is 2.78 bits per heavy atom. The molecule has 0 unspecified atom stereocenters. The van der Waals surface area contributed by atoms with E-state index in [2.05, 4.69) is 25.8 Å². The number of nitrogens with two attached hydrogens (primary N) is 2. The lowest BCUT2D eigenvalue weighted by atomic mass is 10.3. The van der Waals surface area contributed by atoms with Crippen LogP contribution in [0.15, 0.2) is 24.5 Å². The minimum atomic E-state index is -0.794. The lowest BCUT2D eigenvalue weighted by Crippen LogP contribution is -2.20. The lowest BCUT2D eigenvalue weighted by Gasteiger charge is -2.06. The van der Waals surface area contributed by atoms with Crippen molar-refractivity contribution in [3.05, 3.63) is 35.9 Å². The molecule has 0 fully saturated rings. The fourth-order valence-corrected chi connectivity index (χ4v) is 2.44. The maximum Gasteiger partial charge on any atom is 0.274 e. The molecule has 0 atom stereocenters. The summed E-state index contributed by atoms with van der Waals surface area (Å²) in [6.07, 6.45) is 2.99. The van der Waals surface area contributed by atoms with Gasteiger partial charge < -0.3 is 27.2 Å². The lowest BCUT2D eigenvalue weighted by molar-refractivity contribution is 0.0995. The number of fused-ring (bicyclic) bond motifs is 1. The number of aromatic nitrogens is 5. The number of nitrogens with zero attached hydrogens (tertiary/aromatic N) is 5. The molecule has 3 aromatic rings. The zero-order valence-corrected chi connectivity index (χ0v) is 14.3. The fourth-order valence-electron chi connectivity index (χ4n) is 2.44. The fraction of sp³-hybridized carbons (Fsp3) is 0.267. The van der Waals surface area contributed by atoms with Crippen molar-refractivity contribution in [1.82, 2.24) is 24.4 Å². The molecule has 3 rings (SSSR count). The van der Waals surface area contributed by atoms with Crippen LogP contribution in [0.4, 0.5) is 11.6 Å². The van der Waals surface area contributed by atoms with Gasteiger partial charge in [-0.25, -0.2) is 9.50 Å². The van der Waals surface area contributed by atoms with Crippen molar-refractivity contribution >= 4 is 29.0 Å². The van der Waals surface area contributed by atoms with Gasteiger partial charge in [-0.15, -0.1) is 5.10 Å². The van der Waals surface area contributed by atoms with Crippen LogP contribution in [0, 0.1) is 0 Å². The number of aliphatic hydroxyl groups excluding tert-OH is 1. The molecule has 12 heteroatoms. The van der Waals surface area contributed by atoms with Gasteiger partial charge in [-0.05, 0) is 12.1 Å². The second-order valence-electron chi connectivity index (χ2n) is 5.55. The Morgan fingerprint density at radius 1 is 1.26 bits per heavy atom. The third-order valence-corrected chi connectivity index (χ3v) is 3.63. The molecule has 27 heavy (non-hydrogen) atoms. The predicted molar refractivity (Wildman–Crippen MR) is 96.3 cm³/mol. The Labute approximate surface area is 153 Å². The smallest absolute Gasteiger partial charge is 0.274 e. The zero-order valence-electron chi connectivity index (χ0n) is 14.3. The first-order valence-corrected chi connectivity index (χ1v) is 8.11. The highest BCUT2D eigenvalue weighted by Crippen LogP contribution is 2.16. The number of carbonyl (C=O) groups is 2. The first-order chi connectivity index (χ1) is 13.0. The maximum atomic E-state index is 12.7. The summed E-state index contributed by atoms with van der Waals surface area (Å²) in [4.78, 5) is 28.4. The number of rotatable bonds is 8. The second-order valence-corrected chi connectivity index (χ2v) is 5.55. The predicted octanol–water partition coefficient (Wildman–Crippen LogP) is -1.36. The van der Waals surface area contributed by atoms with Gasteiger partial charge in [0.05, 0.1) is 30.6 Å². The van der Waals surface area contributed by atoms with Gasteiger partial charge in [0.2, 0.25) is 5.95 Å². The average Bonchev–Trinajstić information content (AvgIpc) is 3.24. The highest BCUT2D eigenvalue weighted by Gasteiger charge is 2.19. The minimum absolute atomic E-state index is 0.0995. The molecule has 0 aliphatic carbocycles. The normalized spacial score (nSPS) is 10.9. The van der Waals surface area contributed by atoms with Crippen LogP contribution in [0.25, 0.3) is 5.52 Å². The van der Waals surface area contributed by atoms with E-state index in [-0.39, 0.29) is 30.2 Å². The topological polar surface area (TPSA) is 178 Å². The Morgan fingerprint density at radius 2 is 2.07 bits per heavy atom. The Kier molecular flexibility index (Phi) is 5.28. The van der Waals surface area contributed by atoms with E-state index in [9.17, 15) is 9.59 Å². The number of primary amides is 1. The third-order valence-electron chi connectivity index (χ3n) is 3.63. The highest BCUT2D eigenvalue weighted by molar-refractivity contribution is 6.07. The molecule has 0 aliphatic heterocycles. The molecule has 12 nitrogen and oxygen atoms in total. The summed E-state index contributed by atoms with van der Waals surface area (Å²) in [5.74, 6) is -0.978. The van der Waals surface area contributed by atoms with Crippen molar-refractivity contribution in [2.45, 2.75) is 6.54 Å². The average molecular weight is 373 g/mol. The van der Waals surface area contributed by atoms with Crippen LogP contribution in [0.5, 0.6) is 0 Å². The van der Waals surface area contributed by atoms with Crippen LogP contribution in [0.2, 0.25) is 0 Å². The molecule has 3 aromatic heterocycles. The largest absolute Gasteiger partial charge is 0.394 e. The number of hydrogen-bond acceptors (Lipinski definition) is 8. The Hall–Kier alpha value is -3.51. The summed E-state index contributed by atoms with van der Waals surface area (Å²) >= 11 is 0. The van der Waals surface area contributed by atoms with Gasteiger partial charge >= 0.3 is 0 Å². The van der Waals surface area contributed by atoms with Gasteiger partial charge in [-0.3, -0.25) is 14.3 Å². The minimum Gasteiger partial charge on any atom is -0.394 e. The van der Waals surface area contributed by atoms with Gasteiger partial charge in [0.1, 0.15) is 5.69 Å². The molecule has 0 spiro atoms. The maximum absolute atomic E-state index is 12.7. The van der Waals surface area contributed by atoms with Gasteiger partial charge in [-0.2, -0.15) is 5.10 Å². The van der Waals surface area contributed by atoms with Crippen molar-refractivity contribution in [3.8, 4) is 0 Å². The van der Waals surface area contributed by atoms with Gasteiger partial charge in [-0.1, -0.05) is 0 Å². The van der Waals surface area contributed by atoms with E-state index in [1.807, 2.05) is 0 Å². The SMILES string of the molecule is NCCNc1ncc2ccc(C(=O)Nc3cn(CCO)nc3C(N)=O)n2n1. The second kappa shape index (κ2) is 7.80. The molecular weight excluding hydrogens is 354 g/mol. The molecule has 0 radical (unpaired) electrons. The Bertz CT molecular complexity index is 978. The summed E-state index contributed by atoms with van der Waals surface area (Å²) in [6, 6.07) is 3.26. The third kappa shape index (κ3) is 3.86. The van der Waals surface area contributed by atoms with Crippen LogP contribution in [0.3, 0.4) is 0 Å². The molecule has 142 valence electrons. The van der Waals surface area contributed by atoms with Crippen LogP contribution in [-0.2, 0) is 6.54 Å². The molecule has 0 aliphatic rings. The van der Waals surface area contributed by atoms with Crippen LogP contribution >= 0.6 is 0 Å². The van der Waals surface area contributed by atoms with Crippen molar-refractivity contribution < 1.29 is 14.7 Å². The van der Waals surface area contributed by atoms with Crippen molar-refractivity contribution in [3.63, 3.8) is 0 Å². The summed E-state index contributed by atoms with van der Waals surface area (Å²) in [6.45, 7) is 0.883. The van der Waals surface area contributed by atoms with E-state index in [0.717, 1.165) is 0 Å². The molecule has 7 N–H and O–H groups in total. The number of aliphatic hydroxyl groups is 1. The molecule has 0 saturated carbocycles. The molecule has 0 bridgehead atoms. The first kappa shape index (κ1) is 18.3. The van der Waals surface area contributed by atoms with Gasteiger partial charge in [0.15, 0.2) is 5.69 Å². The number of nitrogens with one attached hydrogen (secondary N) is 2. The van der Waals surface area contributed by atoms with Crippen molar-refractivity contribution in [2.75, 3.05) is 30.3 Å². The van der Waals surface area contributed by atoms with E-state index in [0.29, 0.717) is 24.6 Å². The van der Waals surface area contributed by atoms with Crippen LogP contribution < -0.4 is 22.1 Å². The van der Waals surface area contributed by atoms with Crippen molar-refractivity contribution in [1.29, 1.82) is 0 Å². The summed E-state index contributed by atoms with van der Waals surface area (Å²) in [5.41, 5.74) is 11.6. The first-order valence-electron chi connectivity index (χ1n) is 8.11. The van der Waals surface area contributed by atoms with Gasteiger partial charge in [0.25, 0.3) is 11.8 Å². The number of hydrogen-bond donors (Lipinski definition) is 5. The van der Waals surface area contributed by atoms with E-state index in [4.69, 9.17) is 16.6 Å². The molecule has 3 heterocycles. The summed E-state index contributed by atoms with van der Waals surface area (Å²) in [5, 5.41) is 22.8. The van der Waals surface area contributed by atoms with E-state index in [1.165, 1.54) is 15.4 Å². The van der Waals surface area contributed by atoms with Crippen molar-refractivity contribution in [2.24, 2.45) is 11.5 Å². The molecular formula is C15H19N9O3. The molecule has 0 aromatic carbocycles. The van der Waals surface area contributed by atoms with E-state index < -0.39 is 11.8 Å². The Balaban J connectivity index is 1.89. The van der Waals surface area contributed by atoms with E-state index in [1.54, 1.807) is 18.3 Å². The standard InChI is InChI=1S/C15H19N9O3/c16-3-4-18-15-19-7-9-1-2-11(24(9)22-15)14(27)20-10-8-23(5-6-25)21-12(10)13(17)26/h1-2,7-8,25H,3-6,16H2,(H2,17,26)(H,18,22)(H,20,27). The number of anilines is 2. The summed E-state index contributed by atoms with van der Waals surface area (Å²) < 4.78 is 2.74. The zero-order chi connectivity index (χ0) is 19.4. The van der Waals surface area contributed by atoms with Crippen LogP contribution in [0.1, 0.15) is 21.0 Å².